The van der Waals surface area contributed by atoms with Crippen LogP contribution in [0.3, 0.4) is 0 Å². The molecule has 1 N–H and O–H groups in total. The molecule has 0 heterocycles. The van der Waals surface area contributed by atoms with E-state index in [1.165, 1.54) is 6.07 Å². The number of nitrogens with zero attached hydrogens (tertiary/aromatic N) is 1. The van der Waals surface area contributed by atoms with Crippen molar-refractivity contribution in [3.05, 3.63) is 29.6 Å². The van der Waals surface area contributed by atoms with Gasteiger partial charge in [-0.05, 0) is 30.9 Å². The van der Waals surface area contributed by atoms with Crippen molar-refractivity contribution < 1.29 is 9.18 Å². The fourth-order valence-electron chi connectivity index (χ4n) is 2.29. The first-order valence-corrected chi connectivity index (χ1v) is 6.81. The number of carbonyl (C=O) groups excluding carboxylic acids is 1. The molecular formula is C15H21FN2O. The minimum Gasteiger partial charge on any atom is -0.385 e. The number of nitrogens with one attached hydrogen (secondary N) is 1. The fourth-order valence-corrected chi connectivity index (χ4v) is 2.29. The Hall–Kier alpha value is -1.58. The number of benzene rings is 1. The molecule has 0 aliphatic heterocycles. The summed E-state index contributed by atoms with van der Waals surface area (Å²) < 4.78 is 13.7. The number of carbonyl (C=O) groups is 1. The highest BCUT2D eigenvalue weighted by Crippen LogP contribution is 2.31. The molecule has 1 saturated carbocycles. The van der Waals surface area contributed by atoms with Crippen molar-refractivity contribution in [1.29, 1.82) is 0 Å². The van der Waals surface area contributed by atoms with Crippen LogP contribution in [0.4, 0.5) is 10.1 Å². The van der Waals surface area contributed by atoms with E-state index in [-0.39, 0.29) is 11.7 Å². The predicted octanol–water partition coefficient (Wildman–Crippen LogP) is 3.13. The molecular weight excluding hydrogens is 243 g/mol. The molecule has 2 rings (SSSR count). The van der Waals surface area contributed by atoms with Crippen LogP contribution in [0.2, 0.25) is 0 Å². The zero-order chi connectivity index (χ0) is 14.0. The number of hydrogen-bond donors (Lipinski definition) is 1. The Labute approximate surface area is 113 Å². The molecule has 0 unspecified atom stereocenters. The van der Waals surface area contributed by atoms with Crippen molar-refractivity contribution in [3.63, 3.8) is 0 Å². The lowest BCUT2D eigenvalue weighted by atomic mass is 10.1. The lowest BCUT2D eigenvalue weighted by Crippen LogP contribution is -2.36. The van der Waals surface area contributed by atoms with E-state index < -0.39 is 0 Å². The first-order chi connectivity index (χ1) is 9.04. The standard InChI is InChI=1S/C15H21FN2O/c1-10(2)9-18(11-7-8-11)15(19)12-5-4-6-13(16)14(12)17-3/h4-6,10-11,17H,7-9H2,1-3H3. The highest BCUT2D eigenvalue weighted by Gasteiger charge is 2.34. The van der Waals surface area contributed by atoms with E-state index in [2.05, 4.69) is 19.2 Å². The van der Waals surface area contributed by atoms with Gasteiger partial charge in [0, 0.05) is 19.6 Å². The highest BCUT2D eigenvalue weighted by molar-refractivity contribution is 6.00. The lowest BCUT2D eigenvalue weighted by molar-refractivity contribution is 0.0723. The van der Waals surface area contributed by atoms with Gasteiger partial charge in [-0.2, -0.15) is 0 Å². The molecule has 1 amide bonds. The molecule has 0 saturated heterocycles. The Morgan fingerprint density at radius 2 is 2.16 bits per heavy atom. The third kappa shape index (κ3) is 3.06. The molecule has 0 atom stereocenters. The predicted molar refractivity (Wildman–Crippen MR) is 74.8 cm³/mol. The van der Waals surface area contributed by atoms with Gasteiger partial charge >= 0.3 is 0 Å². The van der Waals surface area contributed by atoms with Crippen molar-refractivity contribution in [3.8, 4) is 0 Å². The summed E-state index contributed by atoms with van der Waals surface area (Å²) in [4.78, 5) is 14.5. The smallest absolute Gasteiger partial charge is 0.256 e. The fraction of sp³-hybridized carbons (Fsp3) is 0.533. The van der Waals surface area contributed by atoms with Crippen molar-refractivity contribution >= 4 is 11.6 Å². The van der Waals surface area contributed by atoms with E-state index in [1.807, 2.05) is 4.90 Å². The van der Waals surface area contributed by atoms with E-state index in [9.17, 15) is 9.18 Å². The van der Waals surface area contributed by atoms with Crippen LogP contribution in [0.1, 0.15) is 37.0 Å². The summed E-state index contributed by atoms with van der Waals surface area (Å²) in [5.74, 6) is -0.0372. The number of hydrogen-bond acceptors (Lipinski definition) is 2. The van der Waals surface area contributed by atoms with Gasteiger partial charge in [-0.1, -0.05) is 19.9 Å². The monoisotopic (exact) mass is 264 g/mol. The van der Waals surface area contributed by atoms with E-state index >= 15 is 0 Å². The maximum Gasteiger partial charge on any atom is 0.256 e. The molecule has 1 aliphatic carbocycles. The summed E-state index contributed by atoms with van der Waals surface area (Å²) in [5.41, 5.74) is 0.719. The molecule has 1 aliphatic rings. The Balaban J connectivity index is 2.28. The summed E-state index contributed by atoms with van der Waals surface area (Å²) in [6.45, 7) is 4.91. The molecule has 4 heteroatoms. The Morgan fingerprint density at radius 1 is 1.47 bits per heavy atom. The normalized spacial score (nSPS) is 14.6. The van der Waals surface area contributed by atoms with Gasteiger partial charge < -0.3 is 10.2 Å². The molecule has 3 nitrogen and oxygen atoms in total. The second-order valence-corrected chi connectivity index (χ2v) is 5.49. The first-order valence-electron chi connectivity index (χ1n) is 6.81. The van der Waals surface area contributed by atoms with E-state index in [0.717, 1.165) is 19.4 Å². The molecule has 0 bridgehead atoms. The average Bonchev–Trinajstić information content (AvgIpc) is 3.18. The summed E-state index contributed by atoms with van der Waals surface area (Å²) in [5, 5.41) is 2.79. The molecule has 0 radical (unpaired) electrons. The third-order valence-corrected chi connectivity index (χ3v) is 3.30. The largest absolute Gasteiger partial charge is 0.385 e. The van der Waals surface area contributed by atoms with E-state index in [4.69, 9.17) is 0 Å². The summed E-state index contributed by atoms with van der Waals surface area (Å²) in [6, 6.07) is 4.98. The van der Waals surface area contributed by atoms with Crippen LogP contribution in [0.25, 0.3) is 0 Å². The summed E-state index contributed by atoms with van der Waals surface area (Å²) >= 11 is 0. The van der Waals surface area contributed by atoms with Gasteiger partial charge in [0.2, 0.25) is 0 Å². The van der Waals surface area contributed by atoms with Crippen molar-refractivity contribution in [1.82, 2.24) is 4.90 Å². The van der Waals surface area contributed by atoms with Gasteiger partial charge in [0.1, 0.15) is 5.82 Å². The number of para-hydroxylation sites is 1. The molecule has 0 spiro atoms. The number of amides is 1. The van der Waals surface area contributed by atoms with E-state index in [0.29, 0.717) is 23.2 Å². The number of halogens is 1. The Bertz CT molecular complexity index is 469. The van der Waals surface area contributed by atoms with Crippen LogP contribution >= 0.6 is 0 Å². The summed E-state index contributed by atoms with van der Waals surface area (Å²) in [7, 11) is 1.64. The minimum atomic E-state index is -0.381. The van der Waals surface area contributed by atoms with Gasteiger partial charge in [-0.15, -0.1) is 0 Å². The molecule has 19 heavy (non-hydrogen) atoms. The van der Waals surface area contributed by atoms with Crippen LogP contribution in [-0.2, 0) is 0 Å². The van der Waals surface area contributed by atoms with Crippen molar-refractivity contribution in [2.45, 2.75) is 32.7 Å². The van der Waals surface area contributed by atoms with Crippen molar-refractivity contribution in [2.24, 2.45) is 5.92 Å². The average molecular weight is 264 g/mol. The van der Waals surface area contributed by atoms with Crippen LogP contribution < -0.4 is 5.32 Å². The molecule has 1 aromatic rings. The van der Waals surface area contributed by atoms with E-state index in [1.54, 1.807) is 19.2 Å². The molecule has 0 aromatic heterocycles. The maximum absolute atomic E-state index is 13.7. The van der Waals surface area contributed by atoms with Gasteiger partial charge in [0.25, 0.3) is 5.91 Å². The second-order valence-electron chi connectivity index (χ2n) is 5.49. The van der Waals surface area contributed by atoms with Crippen LogP contribution in [0.5, 0.6) is 0 Å². The Kier molecular flexibility index (Phi) is 4.08. The zero-order valence-electron chi connectivity index (χ0n) is 11.7. The van der Waals surface area contributed by atoms with Gasteiger partial charge in [0.05, 0.1) is 11.3 Å². The quantitative estimate of drug-likeness (QED) is 0.886. The summed E-state index contributed by atoms with van der Waals surface area (Å²) in [6.07, 6.45) is 2.12. The second kappa shape index (κ2) is 5.59. The maximum atomic E-state index is 13.7. The van der Waals surface area contributed by atoms with Gasteiger partial charge in [0.15, 0.2) is 0 Å². The molecule has 1 fully saturated rings. The van der Waals surface area contributed by atoms with Gasteiger partial charge in [-0.3, -0.25) is 4.79 Å². The lowest BCUT2D eigenvalue weighted by Gasteiger charge is -2.25. The van der Waals surface area contributed by atoms with Gasteiger partial charge in [-0.25, -0.2) is 4.39 Å². The highest BCUT2D eigenvalue weighted by atomic mass is 19.1. The zero-order valence-corrected chi connectivity index (χ0v) is 11.7. The molecule has 1 aromatic carbocycles. The minimum absolute atomic E-state index is 0.0694. The van der Waals surface area contributed by atoms with Crippen LogP contribution in [-0.4, -0.2) is 30.4 Å². The number of anilines is 1. The first kappa shape index (κ1) is 13.8. The third-order valence-electron chi connectivity index (χ3n) is 3.30. The van der Waals surface area contributed by atoms with Crippen molar-refractivity contribution in [2.75, 3.05) is 18.9 Å². The Morgan fingerprint density at radius 3 is 2.68 bits per heavy atom. The topological polar surface area (TPSA) is 32.3 Å². The molecule has 104 valence electrons. The number of rotatable bonds is 5. The SMILES string of the molecule is CNc1c(F)cccc1C(=O)N(CC(C)C)C1CC1. The van der Waals surface area contributed by atoms with Crippen LogP contribution in [0, 0.1) is 11.7 Å². The van der Waals surface area contributed by atoms with Crippen LogP contribution in [0.15, 0.2) is 18.2 Å².